The van der Waals surface area contributed by atoms with Gasteiger partial charge >= 0.3 is 0 Å². The van der Waals surface area contributed by atoms with E-state index in [-0.39, 0.29) is 11.4 Å². The number of rotatable bonds is 7. The summed E-state index contributed by atoms with van der Waals surface area (Å²) in [5.74, 6) is -0.576. The van der Waals surface area contributed by atoms with E-state index in [4.69, 9.17) is 0 Å². The molecule has 4 rings (SSSR count). The number of hydrogen-bond donors (Lipinski definition) is 0. The number of benzene rings is 1. The van der Waals surface area contributed by atoms with Gasteiger partial charge in [0, 0.05) is 25.4 Å². The highest BCUT2D eigenvalue weighted by molar-refractivity contribution is 8.67. The third kappa shape index (κ3) is 4.15. The fourth-order valence-electron chi connectivity index (χ4n) is 3.35. The van der Waals surface area contributed by atoms with Crippen LogP contribution in [0.3, 0.4) is 0 Å². The molecule has 32 heavy (non-hydrogen) atoms. The second-order valence-corrected chi connectivity index (χ2v) is 13.4. The van der Waals surface area contributed by atoms with Crippen LogP contribution in [0.1, 0.15) is 22.4 Å². The number of fused-ring (bicyclic) bond motifs is 1. The lowest BCUT2D eigenvalue weighted by Crippen LogP contribution is -2.22. The van der Waals surface area contributed by atoms with E-state index in [9.17, 15) is 16.8 Å². The molecule has 0 fully saturated rings. The summed E-state index contributed by atoms with van der Waals surface area (Å²) < 4.78 is 53.2. The first-order valence-electron chi connectivity index (χ1n) is 9.78. The molecule has 0 N–H and O–H groups in total. The van der Waals surface area contributed by atoms with Crippen LogP contribution in [0.4, 0.5) is 0 Å². The van der Waals surface area contributed by atoms with Gasteiger partial charge in [0.25, 0.3) is 17.7 Å². The van der Waals surface area contributed by atoms with E-state index >= 15 is 0 Å². The van der Waals surface area contributed by atoms with Gasteiger partial charge in [-0.25, -0.2) is 26.5 Å². The van der Waals surface area contributed by atoms with Gasteiger partial charge in [-0.2, -0.15) is 5.10 Å². The molecule has 0 saturated carbocycles. The predicted molar refractivity (Wildman–Crippen MR) is 118 cm³/mol. The molecular weight excluding hydrogens is 452 g/mol. The van der Waals surface area contributed by atoms with Crippen molar-refractivity contribution in [2.75, 3.05) is 5.75 Å². The Bertz CT molecular complexity index is 1500. The lowest BCUT2D eigenvalue weighted by atomic mass is 10.1. The summed E-state index contributed by atoms with van der Waals surface area (Å²) in [7, 11) is -7.14. The fraction of sp³-hybridized carbons (Fsp3) is 0.300. The summed E-state index contributed by atoms with van der Waals surface area (Å²) in [6, 6.07) is 7.66. The third-order valence-electron chi connectivity index (χ3n) is 5.06. The maximum absolute atomic E-state index is 12.6. The van der Waals surface area contributed by atoms with Crippen LogP contribution < -0.4 is 0 Å². The molecule has 4 aromatic rings. The van der Waals surface area contributed by atoms with Gasteiger partial charge in [-0.3, -0.25) is 4.68 Å². The van der Waals surface area contributed by atoms with E-state index in [0.29, 0.717) is 17.6 Å². The van der Waals surface area contributed by atoms with Crippen LogP contribution in [0, 0.1) is 13.8 Å². The Labute approximate surface area is 185 Å². The molecule has 0 radical (unpaired) electrons. The van der Waals surface area contributed by atoms with Gasteiger partial charge in [0.1, 0.15) is 5.52 Å². The number of pyridine rings is 1. The van der Waals surface area contributed by atoms with E-state index in [1.165, 1.54) is 16.8 Å². The van der Waals surface area contributed by atoms with E-state index in [1.807, 2.05) is 13.0 Å². The molecule has 0 aliphatic carbocycles. The molecule has 3 aromatic heterocycles. The zero-order valence-corrected chi connectivity index (χ0v) is 19.4. The molecule has 0 unspecified atom stereocenters. The zero-order valence-electron chi connectivity index (χ0n) is 17.8. The topological polar surface area (TPSA) is 130 Å². The van der Waals surface area contributed by atoms with Crippen LogP contribution in [-0.4, -0.2) is 52.3 Å². The van der Waals surface area contributed by atoms with E-state index in [2.05, 4.69) is 20.4 Å². The largest absolute Gasteiger partial charge is 0.282 e. The van der Waals surface area contributed by atoms with Crippen molar-refractivity contribution in [1.82, 2.24) is 29.8 Å². The Morgan fingerprint density at radius 1 is 1.03 bits per heavy atom. The molecular formula is C20H22N6O4S2. The molecule has 0 amide bonds. The number of aromatic nitrogens is 6. The van der Waals surface area contributed by atoms with Crippen LogP contribution in [0.2, 0.25) is 0 Å². The predicted octanol–water partition coefficient (Wildman–Crippen LogP) is 1.57. The Balaban J connectivity index is 1.50. The molecule has 10 nitrogen and oxygen atoms in total. The first-order valence-corrected chi connectivity index (χ1v) is 13.4. The molecule has 1 aromatic carbocycles. The first kappa shape index (κ1) is 22.1. The van der Waals surface area contributed by atoms with Crippen LogP contribution in [-0.2, 0) is 37.8 Å². The normalized spacial score (nSPS) is 12.5. The maximum atomic E-state index is 12.6. The lowest BCUT2D eigenvalue weighted by molar-refractivity contribution is 0.574. The molecule has 0 aliphatic rings. The van der Waals surface area contributed by atoms with Crippen molar-refractivity contribution in [3.05, 3.63) is 65.1 Å². The molecule has 0 aliphatic heterocycles. The van der Waals surface area contributed by atoms with Gasteiger partial charge in [-0.15, -0.1) is 5.10 Å². The quantitative estimate of drug-likeness (QED) is 0.369. The van der Waals surface area contributed by atoms with Crippen LogP contribution in [0.25, 0.3) is 11.2 Å². The smallest absolute Gasteiger partial charge is 0.271 e. The minimum Gasteiger partial charge on any atom is -0.271 e. The summed E-state index contributed by atoms with van der Waals surface area (Å²) in [5, 5.41) is 12.4. The Hall–Kier alpha value is -3.12. The maximum Gasteiger partial charge on any atom is 0.282 e. The summed E-state index contributed by atoms with van der Waals surface area (Å²) in [6.45, 7) is 3.60. The van der Waals surface area contributed by atoms with Gasteiger partial charge in [0.05, 0.1) is 23.4 Å². The van der Waals surface area contributed by atoms with Crippen LogP contribution >= 0.6 is 0 Å². The third-order valence-corrected chi connectivity index (χ3v) is 10.3. The number of aryl methyl sites for hydroxylation is 4. The van der Waals surface area contributed by atoms with Crippen LogP contribution in [0.5, 0.6) is 0 Å². The zero-order chi connectivity index (χ0) is 23.1. The fourth-order valence-corrected chi connectivity index (χ4v) is 6.83. The second-order valence-electron chi connectivity index (χ2n) is 7.63. The van der Waals surface area contributed by atoms with Gasteiger partial charge in [0.15, 0.2) is 5.65 Å². The number of nitrogens with zero attached hydrogens (tertiary/aromatic N) is 6. The van der Waals surface area contributed by atoms with Crippen molar-refractivity contribution in [2.45, 2.75) is 31.7 Å². The monoisotopic (exact) mass is 474 g/mol. The molecule has 168 valence electrons. The van der Waals surface area contributed by atoms with Crippen molar-refractivity contribution in [1.29, 1.82) is 0 Å². The Morgan fingerprint density at radius 2 is 1.75 bits per heavy atom. The Kier molecular flexibility index (Phi) is 5.59. The molecule has 0 bridgehead atoms. The molecule has 0 atom stereocenters. The van der Waals surface area contributed by atoms with Crippen molar-refractivity contribution in [2.24, 2.45) is 7.05 Å². The van der Waals surface area contributed by atoms with E-state index in [1.54, 1.807) is 43.2 Å². The van der Waals surface area contributed by atoms with E-state index in [0.717, 1.165) is 22.4 Å². The second kappa shape index (κ2) is 8.10. The molecule has 3 heterocycles. The van der Waals surface area contributed by atoms with Crippen molar-refractivity contribution in [3.8, 4) is 0 Å². The highest BCUT2D eigenvalue weighted by atomic mass is 33.2. The molecule has 12 heteroatoms. The van der Waals surface area contributed by atoms with Crippen LogP contribution in [0.15, 0.2) is 47.6 Å². The van der Waals surface area contributed by atoms with E-state index < -0.39 is 23.5 Å². The summed E-state index contributed by atoms with van der Waals surface area (Å²) in [5.41, 5.74) is 4.81. The highest BCUT2D eigenvalue weighted by Gasteiger charge is 2.31. The minimum absolute atomic E-state index is 0.0800. The van der Waals surface area contributed by atoms with Gasteiger partial charge in [0.2, 0.25) is 0 Å². The lowest BCUT2D eigenvalue weighted by Gasteiger charge is -2.07. The summed E-state index contributed by atoms with van der Waals surface area (Å²) in [4.78, 5) is 4.21. The van der Waals surface area contributed by atoms with Gasteiger partial charge in [-0.1, -0.05) is 22.9 Å². The minimum atomic E-state index is -4.49. The SMILES string of the molecule is Cc1ccc(S(=O)(=O)S(=O)(=O)CCn2cc(Cc3cc(C)nc4c3nnn4C)cn2)cc1. The van der Waals surface area contributed by atoms with Crippen molar-refractivity contribution in [3.63, 3.8) is 0 Å². The molecule has 0 spiro atoms. The van der Waals surface area contributed by atoms with Gasteiger partial charge < -0.3 is 0 Å². The average molecular weight is 475 g/mol. The standard InChI is InChI=1S/C20H22N6O4S2/c1-14-4-6-18(7-5-14)32(29,30)31(27,28)9-8-26-13-16(12-21-26)11-17-10-15(2)22-20-19(17)23-24-25(20)3/h4-7,10,12-13H,8-9,11H2,1-3H3. The Morgan fingerprint density at radius 3 is 2.47 bits per heavy atom. The van der Waals surface area contributed by atoms with Crippen molar-refractivity contribution < 1.29 is 16.8 Å². The van der Waals surface area contributed by atoms with Gasteiger partial charge in [-0.05, 0) is 43.2 Å². The van der Waals surface area contributed by atoms with Crippen molar-refractivity contribution >= 4 is 28.9 Å². The highest BCUT2D eigenvalue weighted by Crippen LogP contribution is 2.20. The number of hydrogen-bond acceptors (Lipinski definition) is 8. The first-order chi connectivity index (χ1) is 15.1. The average Bonchev–Trinajstić information content (AvgIpc) is 3.33. The summed E-state index contributed by atoms with van der Waals surface area (Å²) >= 11 is 0. The molecule has 0 saturated heterocycles. The summed E-state index contributed by atoms with van der Waals surface area (Å²) in [6.07, 6.45) is 3.83.